The number of aryl methyl sites for hydroxylation is 2. The molecule has 1 aromatic heterocycles. The van der Waals surface area contributed by atoms with E-state index in [9.17, 15) is 0 Å². The zero-order valence-electron chi connectivity index (χ0n) is 12.4. The topological polar surface area (TPSA) is 29.9 Å². The van der Waals surface area contributed by atoms with Crippen LogP contribution >= 0.6 is 11.6 Å². The Labute approximate surface area is 126 Å². The van der Waals surface area contributed by atoms with Crippen molar-refractivity contribution in [2.24, 2.45) is 0 Å². The van der Waals surface area contributed by atoms with E-state index in [1.54, 1.807) is 0 Å². The van der Waals surface area contributed by atoms with E-state index < -0.39 is 0 Å². The SMILES string of the molecule is CCCn1nccc1C(NCC)c1cc(Cl)ccc1C. The molecule has 0 aliphatic rings. The average molecular weight is 292 g/mol. The molecule has 0 saturated heterocycles. The maximum absolute atomic E-state index is 6.17. The van der Waals surface area contributed by atoms with Gasteiger partial charge in [-0.15, -0.1) is 0 Å². The van der Waals surface area contributed by atoms with E-state index in [2.05, 4.69) is 48.0 Å². The van der Waals surface area contributed by atoms with Gasteiger partial charge in [0.25, 0.3) is 0 Å². The van der Waals surface area contributed by atoms with Gasteiger partial charge in [0.1, 0.15) is 0 Å². The van der Waals surface area contributed by atoms with Crippen molar-refractivity contribution in [3.8, 4) is 0 Å². The maximum atomic E-state index is 6.17. The summed E-state index contributed by atoms with van der Waals surface area (Å²) in [5.74, 6) is 0. The number of benzene rings is 1. The summed E-state index contributed by atoms with van der Waals surface area (Å²) in [7, 11) is 0. The summed E-state index contributed by atoms with van der Waals surface area (Å²) < 4.78 is 2.08. The minimum atomic E-state index is 0.132. The van der Waals surface area contributed by atoms with Gasteiger partial charge in [0, 0.05) is 17.8 Å². The first-order chi connectivity index (χ1) is 9.67. The molecule has 0 amide bonds. The molecular weight excluding hydrogens is 270 g/mol. The van der Waals surface area contributed by atoms with Crippen LogP contribution in [0.15, 0.2) is 30.5 Å². The minimum absolute atomic E-state index is 0.132. The highest BCUT2D eigenvalue weighted by molar-refractivity contribution is 6.30. The van der Waals surface area contributed by atoms with Crippen LogP contribution in [0, 0.1) is 6.92 Å². The van der Waals surface area contributed by atoms with Gasteiger partial charge in [0.15, 0.2) is 0 Å². The smallest absolute Gasteiger partial charge is 0.0751 e. The van der Waals surface area contributed by atoms with Gasteiger partial charge in [-0.25, -0.2) is 0 Å². The van der Waals surface area contributed by atoms with Gasteiger partial charge in [-0.05, 0) is 49.2 Å². The predicted molar refractivity (Wildman–Crippen MR) is 84.2 cm³/mol. The van der Waals surface area contributed by atoms with E-state index in [4.69, 9.17) is 11.6 Å². The molecule has 1 N–H and O–H groups in total. The molecule has 0 saturated carbocycles. The number of hydrogen-bond donors (Lipinski definition) is 1. The Morgan fingerprint density at radius 3 is 2.80 bits per heavy atom. The normalized spacial score (nSPS) is 12.6. The lowest BCUT2D eigenvalue weighted by Gasteiger charge is -2.22. The van der Waals surface area contributed by atoms with E-state index in [0.29, 0.717) is 0 Å². The van der Waals surface area contributed by atoms with Gasteiger partial charge in [-0.2, -0.15) is 5.10 Å². The Bertz CT molecular complexity index is 563. The molecule has 3 nitrogen and oxygen atoms in total. The van der Waals surface area contributed by atoms with Crippen LogP contribution in [0.2, 0.25) is 5.02 Å². The first-order valence-electron chi connectivity index (χ1n) is 7.18. The van der Waals surface area contributed by atoms with Crippen molar-refractivity contribution in [2.45, 2.75) is 39.8 Å². The van der Waals surface area contributed by atoms with Crippen molar-refractivity contribution in [2.75, 3.05) is 6.54 Å². The van der Waals surface area contributed by atoms with Crippen molar-refractivity contribution in [1.82, 2.24) is 15.1 Å². The molecule has 2 rings (SSSR count). The average Bonchev–Trinajstić information content (AvgIpc) is 2.88. The Hall–Kier alpha value is -1.32. The number of nitrogens with one attached hydrogen (secondary N) is 1. The fourth-order valence-corrected chi connectivity index (χ4v) is 2.67. The highest BCUT2D eigenvalue weighted by Gasteiger charge is 2.19. The summed E-state index contributed by atoms with van der Waals surface area (Å²) in [6.07, 6.45) is 2.94. The highest BCUT2D eigenvalue weighted by Crippen LogP contribution is 2.27. The predicted octanol–water partition coefficient (Wildman–Crippen LogP) is 3.95. The quantitative estimate of drug-likeness (QED) is 0.873. The van der Waals surface area contributed by atoms with E-state index in [1.165, 1.54) is 16.8 Å². The number of nitrogens with zero attached hydrogens (tertiary/aromatic N) is 2. The summed E-state index contributed by atoms with van der Waals surface area (Å²) in [5, 5.41) is 8.75. The third-order valence-electron chi connectivity index (χ3n) is 3.44. The molecule has 0 spiro atoms. The molecule has 0 aliphatic carbocycles. The first-order valence-corrected chi connectivity index (χ1v) is 7.56. The van der Waals surface area contributed by atoms with Gasteiger partial charge in [0.2, 0.25) is 0 Å². The lowest BCUT2D eigenvalue weighted by Crippen LogP contribution is -2.25. The van der Waals surface area contributed by atoms with E-state index in [1.807, 2.05) is 18.3 Å². The molecule has 2 aromatic rings. The van der Waals surface area contributed by atoms with Crippen molar-refractivity contribution in [3.63, 3.8) is 0 Å². The summed E-state index contributed by atoms with van der Waals surface area (Å²) in [5.41, 5.74) is 3.65. The summed E-state index contributed by atoms with van der Waals surface area (Å²) in [6.45, 7) is 8.24. The van der Waals surface area contributed by atoms with Gasteiger partial charge in [-0.1, -0.05) is 31.5 Å². The lowest BCUT2D eigenvalue weighted by atomic mass is 9.98. The zero-order valence-corrected chi connectivity index (χ0v) is 13.1. The largest absolute Gasteiger partial charge is 0.305 e. The second-order valence-electron chi connectivity index (χ2n) is 4.97. The van der Waals surface area contributed by atoms with E-state index in [0.717, 1.165) is 24.5 Å². The Kier molecular flexibility index (Phi) is 5.21. The molecule has 1 heterocycles. The minimum Gasteiger partial charge on any atom is -0.305 e. The molecule has 1 atom stereocenters. The zero-order chi connectivity index (χ0) is 14.5. The number of rotatable bonds is 6. The fraction of sp³-hybridized carbons (Fsp3) is 0.438. The number of halogens is 1. The monoisotopic (exact) mass is 291 g/mol. The summed E-state index contributed by atoms with van der Waals surface area (Å²) >= 11 is 6.17. The molecule has 0 bridgehead atoms. The van der Waals surface area contributed by atoms with Crippen molar-refractivity contribution < 1.29 is 0 Å². The molecule has 20 heavy (non-hydrogen) atoms. The van der Waals surface area contributed by atoms with Crippen LogP contribution in [-0.4, -0.2) is 16.3 Å². The van der Waals surface area contributed by atoms with Crippen molar-refractivity contribution >= 4 is 11.6 Å². The highest BCUT2D eigenvalue weighted by atomic mass is 35.5. The molecule has 4 heteroatoms. The summed E-state index contributed by atoms with van der Waals surface area (Å²) in [4.78, 5) is 0. The second kappa shape index (κ2) is 6.91. The molecule has 1 aromatic carbocycles. The fourth-order valence-electron chi connectivity index (χ4n) is 2.49. The third-order valence-corrected chi connectivity index (χ3v) is 3.68. The van der Waals surface area contributed by atoms with Crippen LogP contribution in [0.25, 0.3) is 0 Å². The van der Waals surface area contributed by atoms with Gasteiger partial charge < -0.3 is 5.32 Å². The van der Waals surface area contributed by atoms with Crippen LogP contribution in [0.5, 0.6) is 0 Å². The van der Waals surface area contributed by atoms with Crippen molar-refractivity contribution in [1.29, 1.82) is 0 Å². The molecular formula is C16H22ClN3. The van der Waals surface area contributed by atoms with Gasteiger partial charge >= 0.3 is 0 Å². The molecule has 0 fully saturated rings. The number of hydrogen-bond acceptors (Lipinski definition) is 2. The molecule has 1 unspecified atom stereocenters. The third kappa shape index (κ3) is 3.22. The Balaban J connectivity index is 2.44. The number of aromatic nitrogens is 2. The van der Waals surface area contributed by atoms with Crippen LogP contribution in [0.3, 0.4) is 0 Å². The first kappa shape index (κ1) is 15.1. The lowest BCUT2D eigenvalue weighted by molar-refractivity contribution is 0.519. The summed E-state index contributed by atoms with van der Waals surface area (Å²) in [6, 6.07) is 8.28. The van der Waals surface area contributed by atoms with Gasteiger partial charge in [0.05, 0.1) is 11.7 Å². The maximum Gasteiger partial charge on any atom is 0.0751 e. The molecule has 108 valence electrons. The Morgan fingerprint density at radius 2 is 2.10 bits per heavy atom. The second-order valence-corrected chi connectivity index (χ2v) is 5.41. The molecule has 0 radical (unpaired) electrons. The van der Waals surface area contributed by atoms with Crippen LogP contribution in [0.4, 0.5) is 0 Å². The van der Waals surface area contributed by atoms with E-state index >= 15 is 0 Å². The van der Waals surface area contributed by atoms with E-state index in [-0.39, 0.29) is 6.04 Å². The van der Waals surface area contributed by atoms with Crippen LogP contribution in [-0.2, 0) is 6.54 Å². The van der Waals surface area contributed by atoms with Crippen LogP contribution in [0.1, 0.15) is 43.1 Å². The van der Waals surface area contributed by atoms with Crippen molar-refractivity contribution in [3.05, 3.63) is 52.3 Å². The van der Waals surface area contributed by atoms with Gasteiger partial charge in [-0.3, -0.25) is 4.68 Å². The molecule has 0 aliphatic heterocycles. The van der Waals surface area contributed by atoms with Crippen LogP contribution < -0.4 is 5.32 Å². The standard InChI is InChI=1S/C16H22ClN3/c1-4-10-20-15(8-9-19-20)16(18-5-2)14-11-13(17)7-6-12(14)3/h6-9,11,16,18H,4-5,10H2,1-3H3. The Morgan fingerprint density at radius 1 is 1.30 bits per heavy atom.